The minimum atomic E-state index is -1.30. The number of nitrogens with two attached hydrogens (primary N) is 1. The Morgan fingerprint density at radius 1 is 0.860 bits per heavy atom. The van der Waals surface area contributed by atoms with Gasteiger partial charge in [-0.3, -0.25) is 9.59 Å². The van der Waals surface area contributed by atoms with Crippen molar-refractivity contribution < 1.29 is 38.4 Å². The standard InChI is InChI=1S/C34H35N3O4S.Li/c1-23-8-6-7-11-28(23)30-20-25(12-17-29(30)33(39)36-31(34(40)41)18-19-42-2)22-37(21-24-9-4-3-5-10-24)27-15-13-26(14-16-27)32(35)38;/h3-17,20,31H,18-19,21-22H2,1-2H3,(H2,35,38)(H,36,39)(H,40,41);/q;+1/p-1/t31-;/m0./s1. The number of carboxylic acids is 1. The van der Waals surface area contributed by atoms with Crippen molar-refractivity contribution in [2.45, 2.75) is 32.5 Å². The summed E-state index contributed by atoms with van der Waals surface area (Å²) in [6.45, 7) is 3.11. The first-order valence-corrected chi connectivity index (χ1v) is 15.0. The SMILES string of the molecule is CSCC[C@H](NC(=O)c1ccc(CN(Cc2ccccc2)c2ccc(C(N)=O)cc2)cc1-c1ccccc1C)C(=O)[O-].[Li+]. The van der Waals surface area contributed by atoms with Gasteiger partial charge in [0, 0.05) is 29.9 Å². The zero-order valence-corrected chi connectivity index (χ0v) is 25.5. The van der Waals surface area contributed by atoms with Crippen LogP contribution in [-0.4, -0.2) is 35.8 Å². The molecule has 0 aromatic heterocycles. The molecule has 0 unspecified atom stereocenters. The van der Waals surface area contributed by atoms with Crippen LogP contribution in [0.4, 0.5) is 5.69 Å². The minimum Gasteiger partial charge on any atom is -0.548 e. The normalized spacial score (nSPS) is 11.2. The summed E-state index contributed by atoms with van der Waals surface area (Å²) in [5.74, 6) is -1.66. The second-order valence-corrected chi connectivity index (χ2v) is 11.1. The molecule has 0 aliphatic rings. The van der Waals surface area contributed by atoms with Crippen LogP contribution in [0.2, 0.25) is 0 Å². The van der Waals surface area contributed by atoms with Crippen molar-refractivity contribution >= 4 is 35.2 Å². The number of thioether (sulfide) groups is 1. The Labute approximate surface area is 269 Å². The van der Waals surface area contributed by atoms with Crippen LogP contribution in [0.1, 0.15) is 43.8 Å². The predicted molar refractivity (Wildman–Crippen MR) is 167 cm³/mol. The molecule has 0 heterocycles. The molecular formula is C34H34LiN3O4S. The van der Waals surface area contributed by atoms with Crippen LogP contribution in [-0.2, 0) is 17.9 Å². The Hall–Kier alpha value is -3.96. The summed E-state index contributed by atoms with van der Waals surface area (Å²) in [7, 11) is 0. The molecule has 0 bridgehead atoms. The first-order chi connectivity index (χ1) is 20.3. The predicted octanol–water partition coefficient (Wildman–Crippen LogP) is 1.57. The van der Waals surface area contributed by atoms with Crippen LogP contribution in [0.3, 0.4) is 0 Å². The van der Waals surface area contributed by atoms with Crippen molar-refractivity contribution in [1.82, 2.24) is 5.32 Å². The van der Waals surface area contributed by atoms with Crippen molar-refractivity contribution in [3.05, 3.63) is 125 Å². The molecule has 0 aliphatic carbocycles. The maximum atomic E-state index is 13.5. The molecule has 0 spiro atoms. The zero-order valence-electron chi connectivity index (χ0n) is 24.7. The van der Waals surface area contributed by atoms with E-state index in [1.807, 2.05) is 79.9 Å². The number of rotatable bonds is 13. The van der Waals surface area contributed by atoms with E-state index in [9.17, 15) is 19.5 Å². The van der Waals surface area contributed by atoms with Gasteiger partial charge in [0.05, 0.1) is 12.0 Å². The smallest absolute Gasteiger partial charge is 0.548 e. The summed E-state index contributed by atoms with van der Waals surface area (Å²) in [5, 5.41) is 14.4. The van der Waals surface area contributed by atoms with Crippen LogP contribution in [0.5, 0.6) is 0 Å². The van der Waals surface area contributed by atoms with Gasteiger partial charge in [0.15, 0.2) is 0 Å². The van der Waals surface area contributed by atoms with Crippen molar-refractivity contribution in [3.8, 4) is 11.1 Å². The molecule has 0 fully saturated rings. The second-order valence-electron chi connectivity index (χ2n) is 10.1. The summed E-state index contributed by atoms with van der Waals surface area (Å²) in [4.78, 5) is 39.0. The molecule has 0 aliphatic heterocycles. The maximum Gasteiger partial charge on any atom is 1.00 e. The first-order valence-electron chi connectivity index (χ1n) is 13.6. The zero-order chi connectivity index (χ0) is 30.1. The fraction of sp³-hybridized carbons (Fsp3) is 0.206. The third-order valence-electron chi connectivity index (χ3n) is 7.07. The molecule has 3 N–H and O–H groups in total. The molecule has 43 heavy (non-hydrogen) atoms. The number of carboxylic acid groups (broad SMARTS) is 1. The maximum absolute atomic E-state index is 13.5. The molecule has 7 nitrogen and oxygen atoms in total. The van der Waals surface area contributed by atoms with Crippen molar-refractivity contribution in [3.63, 3.8) is 0 Å². The number of nitrogens with zero attached hydrogens (tertiary/aromatic N) is 1. The van der Waals surface area contributed by atoms with E-state index in [4.69, 9.17) is 5.73 Å². The number of nitrogens with one attached hydrogen (secondary N) is 1. The van der Waals surface area contributed by atoms with Crippen LogP contribution >= 0.6 is 11.8 Å². The molecule has 0 saturated carbocycles. The summed E-state index contributed by atoms with van der Waals surface area (Å²) < 4.78 is 0. The van der Waals surface area contributed by atoms with Gasteiger partial charge in [-0.1, -0.05) is 60.7 Å². The van der Waals surface area contributed by atoms with Crippen LogP contribution in [0.25, 0.3) is 11.1 Å². The summed E-state index contributed by atoms with van der Waals surface area (Å²) >= 11 is 1.51. The number of aryl methyl sites for hydroxylation is 1. The Balaban J connectivity index is 0.00000506. The van der Waals surface area contributed by atoms with Gasteiger partial charge in [-0.25, -0.2) is 0 Å². The Morgan fingerprint density at radius 2 is 1.51 bits per heavy atom. The number of anilines is 1. The molecular weight excluding hydrogens is 553 g/mol. The van der Waals surface area contributed by atoms with Crippen LogP contribution in [0, 0.1) is 6.92 Å². The van der Waals surface area contributed by atoms with Gasteiger partial charge < -0.3 is 25.9 Å². The van der Waals surface area contributed by atoms with E-state index in [2.05, 4.69) is 22.3 Å². The quantitative estimate of drug-likeness (QED) is 0.230. The number of hydrogen-bond acceptors (Lipinski definition) is 6. The molecule has 4 rings (SSSR count). The van der Waals surface area contributed by atoms with E-state index in [1.54, 1.807) is 18.2 Å². The second kappa shape index (κ2) is 16.0. The largest absolute Gasteiger partial charge is 1.00 e. The number of hydrogen-bond donors (Lipinski definition) is 2. The fourth-order valence-corrected chi connectivity index (χ4v) is 5.28. The van der Waals surface area contributed by atoms with Gasteiger partial charge in [0.25, 0.3) is 5.91 Å². The molecule has 4 aromatic carbocycles. The van der Waals surface area contributed by atoms with E-state index >= 15 is 0 Å². The van der Waals surface area contributed by atoms with Gasteiger partial charge >= 0.3 is 18.9 Å². The minimum absolute atomic E-state index is 0. The van der Waals surface area contributed by atoms with Crippen molar-refractivity contribution in [1.29, 1.82) is 0 Å². The monoisotopic (exact) mass is 587 g/mol. The number of carbonyl (C=O) groups excluding carboxylic acids is 3. The molecule has 0 saturated heterocycles. The van der Waals surface area contributed by atoms with Gasteiger partial charge in [0.1, 0.15) is 0 Å². The Kier molecular flexibility index (Phi) is 12.5. The molecule has 1 atom stereocenters. The van der Waals surface area contributed by atoms with Crippen molar-refractivity contribution in [2.75, 3.05) is 16.9 Å². The molecule has 216 valence electrons. The average Bonchev–Trinajstić information content (AvgIpc) is 2.99. The van der Waals surface area contributed by atoms with Gasteiger partial charge in [0.2, 0.25) is 5.91 Å². The Morgan fingerprint density at radius 3 is 2.14 bits per heavy atom. The topological polar surface area (TPSA) is 116 Å². The Bertz CT molecular complexity index is 1550. The molecule has 4 aromatic rings. The summed E-state index contributed by atoms with van der Waals surface area (Å²) in [6, 6.07) is 29.6. The van der Waals surface area contributed by atoms with Crippen LogP contribution in [0.15, 0.2) is 97.1 Å². The van der Waals surface area contributed by atoms with E-state index in [1.165, 1.54) is 11.8 Å². The molecule has 9 heteroatoms. The number of amides is 2. The number of carbonyl (C=O) groups is 3. The third kappa shape index (κ3) is 9.01. The number of aliphatic carboxylic acids is 1. The number of primary amides is 1. The van der Waals surface area contributed by atoms with E-state index in [0.29, 0.717) is 35.5 Å². The van der Waals surface area contributed by atoms with Crippen molar-refractivity contribution in [2.24, 2.45) is 5.73 Å². The van der Waals surface area contributed by atoms with E-state index in [0.717, 1.165) is 27.9 Å². The molecule has 2 amide bonds. The molecule has 0 radical (unpaired) electrons. The van der Waals surface area contributed by atoms with Gasteiger partial charge in [-0.05, 0) is 89.6 Å². The summed E-state index contributed by atoms with van der Waals surface area (Å²) in [6.07, 6.45) is 2.16. The average molecular weight is 588 g/mol. The fourth-order valence-electron chi connectivity index (χ4n) is 4.81. The van der Waals surface area contributed by atoms with Gasteiger partial charge in [-0.15, -0.1) is 0 Å². The van der Waals surface area contributed by atoms with E-state index in [-0.39, 0.29) is 25.3 Å². The number of benzene rings is 4. The van der Waals surface area contributed by atoms with E-state index < -0.39 is 23.8 Å². The summed E-state index contributed by atoms with van der Waals surface area (Å²) in [5.41, 5.74) is 11.9. The van der Waals surface area contributed by atoms with Gasteiger partial charge in [-0.2, -0.15) is 11.8 Å². The first kappa shape index (κ1) is 33.5. The third-order valence-corrected chi connectivity index (χ3v) is 7.71. The van der Waals surface area contributed by atoms with Crippen LogP contribution < -0.4 is 39.9 Å².